The van der Waals surface area contributed by atoms with Crippen LogP contribution in [0.2, 0.25) is 0 Å². The number of hydrogen-bond acceptors (Lipinski definition) is 7. The van der Waals surface area contributed by atoms with Crippen molar-refractivity contribution >= 4 is 28.7 Å². The zero-order chi connectivity index (χ0) is 18.8. The lowest BCUT2D eigenvalue weighted by Gasteiger charge is -2.27. The average Bonchev–Trinajstić information content (AvgIpc) is 2.49. The van der Waals surface area contributed by atoms with Gasteiger partial charge in [-0.05, 0) is 6.92 Å². The Hall–Kier alpha value is -1.16. The first-order valence-corrected chi connectivity index (χ1v) is 8.75. The average molecular weight is 364 g/mol. The van der Waals surface area contributed by atoms with E-state index in [4.69, 9.17) is 10.2 Å². The minimum absolute atomic E-state index is 0.0459. The van der Waals surface area contributed by atoms with Gasteiger partial charge in [0.1, 0.15) is 6.10 Å². The molecule has 0 saturated carbocycles. The molecule has 2 amide bonds. The van der Waals surface area contributed by atoms with Crippen LogP contribution in [0.3, 0.4) is 0 Å². The molecule has 8 nitrogen and oxygen atoms in total. The van der Waals surface area contributed by atoms with Crippen molar-refractivity contribution in [2.45, 2.75) is 45.8 Å². The van der Waals surface area contributed by atoms with Gasteiger partial charge in [-0.15, -0.1) is 0 Å². The Morgan fingerprint density at radius 3 is 2.29 bits per heavy atom. The highest BCUT2D eigenvalue weighted by atomic mass is 32.2. The summed E-state index contributed by atoms with van der Waals surface area (Å²) < 4.78 is 0. The van der Waals surface area contributed by atoms with E-state index in [1.54, 1.807) is 13.8 Å². The molecule has 0 aliphatic carbocycles. The number of aliphatic hydroxyl groups is 3. The van der Waals surface area contributed by atoms with Gasteiger partial charge < -0.3 is 26.0 Å². The van der Waals surface area contributed by atoms with Gasteiger partial charge in [-0.25, -0.2) is 0 Å². The maximum atomic E-state index is 11.7. The highest BCUT2D eigenvalue weighted by Gasteiger charge is 2.32. The lowest BCUT2D eigenvalue weighted by atomic mass is 9.87. The Morgan fingerprint density at radius 1 is 1.12 bits per heavy atom. The maximum absolute atomic E-state index is 11.7. The molecule has 0 spiro atoms. The molecular weight excluding hydrogens is 336 g/mol. The van der Waals surface area contributed by atoms with E-state index in [0.29, 0.717) is 12.3 Å². The van der Waals surface area contributed by atoms with Crippen LogP contribution in [0.25, 0.3) is 0 Å². The summed E-state index contributed by atoms with van der Waals surface area (Å²) in [5.41, 5.74) is -0.956. The van der Waals surface area contributed by atoms with Crippen LogP contribution >= 0.6 is 11.8 Å². The topological polar surface area (TPSA) is 136 Å². The van der Waals surface area contributed by atoms with E-state index in [-0.39, 0.29) is 37.0 Å². The van der Waals surface area contributed by atoms with Crippen molar-refractivity contribution in [1.29, 1.82) is 0 Å². The number of aliphatic hydroxyl groups excluding tert-OH is 3. The molecule has 2 atom stereocenters. The SMILES string of the molecule is C[C@H](O)CC(=O)SCCNC(=O)CCNC(=O)[C@H](O)C(C)(C)CO. The van der Waals surface area contributed by atoms with Gasteiger partial charge in [-0.1, -0.05) is 25.6 Å². The summed E-state index contributed by atoms with van der Waals surface area (Å²) in [5.74, 6) is -0.511. The minimum Gasteiger partial charge on any atom is -0.396 e. The van der Waals surface area contributed by atoms with Gasteiger partial charge in [0.05, 0.1) is 12.7 Å². The number of nitrogens with one attached hydrogen (secondary N) is 2. The van der Waals surface area contributed by atoms with Crippen molar-refractivity contribution in [3.63, 3.8) is 0 Å². The second-order valence-electron chi connectivity index (χ2n) is 6.21. The number of rotatable bonds is 11. The summed E-state index contributed by atoms with van der Waals surface area (Å²) in [4.78, 5) is 34.6. The zero-order valence-corrected chi connectivity index (χ0v) is 15.2. The molecule has 140 valence electrons. The smallest absolute Gasteiger partial charge is 0.249 e. The molecule has 0 aromatic heterocycles. The normalized spacial score (nSPS) is 13.9. The van der Waals surface area contributed by atoms with E-state index in [9.17, 15) is 19.5 Å². The maximum Gasteiger partial charge on any atom is 0.249 e. The van der Waals surface area contributed by atoms with Crippen LogP contribution < -0.4 is 10.6 Å². The predicted octanol–water partition coefficient (Wildman–Crippen LogP) is -0.981. The fourth-order valence-electron chi connectivity index (χ4n) is 1.58. The largest absolute Gasteiger partial charge is 0.396 e. The third-order valence-corrected chi connectivity index (χ3v) is 4.09. The van der Waals surface area contributed by atoms with Gasteiger partial charge in [-0.3, -0.25) is 14.4 Å². The second-order valence-corrected chi connectivity index (χ2v) is 7.37. The molecule has 0 aromatic carbocycles. The molecule has 0 aliphatic rings. The van der Waals surface area contributed by atoms with Crippen LogP contribution in [0.4, 0.5) is 0 Å². The summed E-state index contributed by atoms with van der Waals surface area (Å²) in [5, 5.41) is 32.8. The van der Waals surface area contributed by atoms with Gasteiger partial charge in [-0.2, -0.15) is 0 Å². The molecular formula is C15H28N2O6S. The molecule has 0 fully saturated rings. The van der Waals surface area contributed by atoms with E-state index in [1.165, 1.54) is 6.92 Å². The molecule has 0 unspecified atom stereocenters. The Labute approximate surface area is 146 Å². The third kappa shape index (κ3) is 9.86. The summed E-state index contributed by atoms with van der Waals surface area (Å²) >= 11 is 1.04. The van der Waals surface area contributed by atoms with E-state index in [0.717, 1.165) is 11.8 Å². The standard InChI is InChI=1S/C15H28N2O6S/c1-10(19)8-12(21)24-7-6-16-11(20)4-5-17-14(23)13(22)15(2,3)9-18/h10,13,18-19,22H,4-9H2,1-3H3,(H,16,20)(H,17,23)/t10-,13-/m0/s1. The van der Waals surface area contributed by atoms with Crippen LogP contribution in [0.1, 0.15) is 33.6 Å². The first-order valence-electron chi connectivity index (χ1n) is 7.77. The Bertz CT molecular complexity index is 428. The number of amides is 2. The van der Waals surface area contributed by atoms with Gasteiger partial charge in [0, 0.05) is 37.1 Å². The van der Waals surface area contributed by atoms with Crippen LogP contribution in [-0.4, -0.2) is 69.9 Å². The number of thioether (sulfide) groups is 1. The van der Waals surface area contributed by atoms with Gasteiger partial charge in [0.15, 0.2) is 5.12 Å². The lowest BCUT2D eigenvalue weighted by molar-refractivity contribution is -0.137. The van der Waals surface area contributed by atoms with Gasteiger partial charge in [0.2, 0.25) is 11.8 Å². The third-order valence-electron chi connectivity index (χ3n) is 3.20. The van der Waals surface area contributed by atoms with Gasteiger partial charge in [0.25, 0.3) is 0 Å². The predicted molar refractivity (Wildman–Crippen MR) is 91.3 cm³/mol. The van der Waals surface area contributed by atoms with Gasteiger partial charge >= 0.3 is 0 Å². The Balaban J connectivity index is 3.84. The quantitative estimate of drug-likeness (QED) is 0.297. The van der Waals surface area contributed by atoms with E-state index >= 15 is 0 Å². The molecule has 0 aromatic rings. The molecule has 0 heterocycles. The second kappa shape index (κ2) is 11.4. The Kier molecular flexibility index (Phi) is 10.9. The van der Waals surface area contributed by atoms with E-state index in [2.05, 4.69) is 10.6 Å². The van der Waals surface area contributed by atoms with Crippen molar-refractivity contribution < 1.29 is 29.7 Å². The highest BCUT2D eigenvalue weighted by Crippen LogP contribution is 2.19. The van der Waals surface area contributed by atoms with Crippen molar-refractivity contribution in [3.8, 4) is 0 Å². The highest BCUT2D eigenvalue weighted by molar-refractivity contribution is 8.13. The monoisotopic (exact) mass is 364 g/mol. The first-order chi connectivity index (χ1) is 11.1. The summed E-state index contributed by atoms with van der Waals surface area (Å²) in [6.07, 6.45) is -1.90. The van der Waals surface area contributed by atoms with Crippen molar-refractivity contribution in [2.75, 3.05) is 25.4 Å². The zero-order valence-electron chi connectivity index (χ0n) is 14.4. The Morgan fingerprint density at radius 2 is 1.75 bits per heavy atom. The molecule has 0 rings (SSSR count). The van der Waals surface area contributed by atoms with Crippen LogP contribution in [0.5, 0.6) is 0 Å². The molecule has 0 radical (unpaired) electrons. The molecule has 0 saturated heterocycles. The van der Waals surface area contributed by atoms with E-state index < -0.39 is 23.5 Å². The fourth-order valence-corrected chi connectivity index (χ4v) is 2.37. The summed E-state index contributed by atoms with van der Waals surface area (Å²) in [7, 11) is 0. The van der Waals surface area contributed by atoms with Crippen molar-refractivity contribution in [3.05, 3.63) is 0 Å². The summed E-state index contributed by atoms with van der Waals surface area (Å²) in [6, 6.07) is 0. The summed E-state index contributed by atoms with van der Waals surface area (Å²) in [6.45, 7) is 4.68. The van der Waals surface area contributed by atoms with E-state index in [1.807, 2.05) is 0 Å². The number of carbonyl (C=O) groups is 3. The number of hydrogen-bond donors (Lipinski definition) is 5. The molecule has 9 heteroatoms. The molecule has 24 heavy (non-hydrogen) atoms. The fraction of sp³-hybridized carbons (Fsp3) is 0.800. The molecule has 0 aliphatic heterocycles. The van der Waals surface area contributed by atoms with Crippen molar-refractivity contribution in [1.82, 2.24) is 10.6 Å². The van der Waals surface area contributed by atoms with Crippen molar-refractivity contribution in [2.24, 2.45) is 5.41 Å². The molecule has 5 N–H and O–H groups in total. The minimum atomic E-state index is -1.36. The molecule has 0 bridgehead atoms. The number of carbonyl (C=O) groups excluding carboxylic acids is 3. The van der Waals surface area contributed by atoms with Crippen LogP contribution in [-0.2, 0) is 14.4 Å². The van der Waals surface area contributed by atoms with Crippen LogP contribution in [0, 0.1) is 5.41 Å². The first kappa shape index (κ1) is 22.8. The lowest BCUT2D eigenvalue weighted by Crippen LogP contribution is -2.46. The van der Waals surface area contributed by atoms with Crippen LogP contribution in [0.15, 0.2) is 0 Å².